The smallest absolute Gasteiger partial charge is 0.255 e. The highest BCUT2D eigenvalue weighted by molar-refractivity contribution is 6.04. The van der Waals surface area contributed by atoms with Crippen molar-refractivity contribution in [3.05, 3.63) is 89.5 Å². The molecule has 2 heterocycles. The molecule has 31 heavy (non-hydrogen) atoms. The molecule has 1 amide bonds. The summed E-state index contributed by atoms with van der Waals surface area (Å²) in [6, 6.07) is 18.4. The number of amides is 1. The maximum Gasteiger partial charge on any atom is 0.255 e. The number of anilines is 1. The molecule has 0 atom stereocenters. The molecular formula is C24H23N5O2. The van der Waals surface area contributed by atoms with E-state index in [9.17, 15) is 4.79 Å². The highest BCUT2D eigenvalue weighted by atomic mass is 16.5. The fourth-order valence-corrected chi connectivity index (χ4v) is 3.18. The summed E-state index contributed by atoms with van der Waals surface area (Å²) >= 11 is 0. The third-order valence-electron chi connectivity index (χ3n) is 4.81. The van der Waals surface area contributed by atoms with E-state index in [1.807, 2.05) is 44.2 Å². The van der Waals surface area contributed by atoms with Crippen LogP contribution in [0.1, 0.15) is 34.2 Å². The van der Waals surface area contributed by atoms with Crippen LogP contribution in [0.5, 0.6) is 11.6 Å². The molecule has 4 rings (SSSR count). The number of aromatic nitrogens is 4. The molecule has 0 saturated heterocycles. The summed E-state index contributed by atoms with van der Waals surface area (Å²) in [5.41, 5.74) is 4.39. The van der Waals surface area contributed by atoms with E-state index in [1.165, 1.54) is 11.9 Å². The van der Waals surface area contributed by atoms with E-state index < -0.39 is 0 Å². The van der Waals surface area contributed by atoms with E-state index in [1.54, 1.807) is 35.0 Å². The Hall–Kier alpha value is -4.00. The zero-order valence-corrected chi connectivity index (χ0v) is 17.7. The molecule has 0 bridgehead atoms. The molecule has 0 aliphatic heterocycles. The quantitative estimate of drug-likeness (QED) is 0.487. The number of aryl methyl sites for hydroxylation is 3. The van der Waals surface area contributed by atoms with E-state index in [0.29, 0.717) is 28.7 Å². The summed E-state index contributed by atoms with van der Waals surface area (Å²) in [5.74, 6) is 1.49. The molecule has 0 radical (unpaired) electrons. The fourth-order valence-electron chi connectivity index (χ4n) is 3.18. The van der Waals surface area contributed by atoms with Crippen LogP contribution in [0.15, 0.2) is 67.0 Å². The summed E-state index contributed by atoms with van der Waals surface area (Å²) in [7, 11) is 0. The summed E-state index contributed by atoms with van der Waals surface area (Å²) in [4.78, 5) is 20.9. The van der Waals surface area contributed by atoms with E-state index in [-0.39, 0.29) is 5.91 Å². The lowest BCUT2D eigenvalue weighted by molar-refractivity contribution is 0.102. The zero-order chi connectivity index (χ0) is 21.8. The Morgan fingerprint density at radius 3 is 2.39 bits per heavy atom. The first-order valence-corrected chi connectivity index (χ1v) is 10.1. The van der Waals surface area contributed by atoms with Gasteiger partial charge < -0.3 is 10.1 Å². The molecule has 0 unspecified atom stereocenters. The zero-order valence-electron chi connectivity index (χ0n) is 17.7. The molecule has 0 fully saturated rings. The molecule has 0 aliphatic rings. The normalized spacial score (nSPS) is 10.7. The number of benzene rings is 2. The van der Waals surface area contributed by atoms with Gasteiger partial charge in [-0.05, 0) is 68.3 Å². The van der Waals surface area contributed by atoms with Crippen molar-refractivity contribution >= 4 is 11.6 Å². The second-order valence-corrected chi connectivity index (χ2v) is 7.18. The van der Waals surface area contributed by atoms with Crippen LogP contribution < -0.4 is 10.1 Å². The third kappa shape index (κ3) is 4.78. The first-order chi connectivity index (χ1) is 15.0. The predicted octanol–water partition coefficient (Wildman–Crippen LogP) is 4.89. The molecule has 2 aromatic heterocycles. The average molecular weight is 413 g/mol. The van der Waals surface area contributed by atoms with Crippen molar-refractivity contribution in [3.63, 3.8) is 0 Å². The molecular weight excluding hydrogens is 390 g/mol. The fraction of sp³-hybridized carbons (Fsp3) is 0.167. The number of rotatable bonds is 6. The molecule has 7 heteroatoms. The van der Waals surface area contributed by atoms with Crippen molar-refractivity contribution < 1.29 is 9.53 Å². The lowest BCUT2D eigenvalue weighted by Crippen LogP contribution is -2.11. The van der Waals surface area contributed by atoms with Gasteiger partial charge in [0.2, 0.25) is 5.88 Å². The van der Waals surface area contributed by atoms with Crippen LogP contribution >= 0.6 is 0 Å². The number of hydrogen-bond donors (Lipinski definition) is 1. The minimum Gasteiger partial charge on any atom is -0.439 e. The minimum absolute atomic E-state index is 0.151. The Bertz CT molecular complexity index is 1200. The SMILES string of the molecule is CCc1ccc(C(=O)Nc2ccc(Oc3cc(-n4nc(C)cc4C)ncn3)cc2)cc1. The van der Waals surface area contributed by atoms with Crippen molar-refractivity contribution in [2.75, 3.05) is 5.32 Å². The number of ether oxygens (including phenoxy) is 1. The Kier molecular flexibility index (Phi) is 5.75. The van der Waals surface area contributed by atoms with Crippen molar-refractivity contribution in [1.82, 2.24) is 19.7 Å². The topological polar surface area (TPSA) is 81.9 Å². The van der Waals surface area contributed by atoms with Crippen LogP contribution in [0.25, 0.3) is 5.82 Å². The first-order valence-electron chi connectivity index (χ1n) is 10.1. The number of nitrogens with one attached hydrogen (secondary N) is 1. The molecule has 7 nitrogen and oxygen atoms in total. The average Bonchev–Trinajstić information content (AvgIpc) is 3.13. The van der Waals surface area contributed by atoms with Gasteiger partial charge in [-0.15, -0.1) is 0 Å². The lowest BCUT2D eigenvalue weighted by atomic mass is 10.1. The third-order valence-corrected chi connectivity index (χ3v) is 4.81. The summed E-state index contributed by atoms with van der Waals surface area (Å²) in [6.45, 7) is 5.98. The number of nitrogens with zero attached hydrogens (tertiary/aromatic N) is 4. The van der Waals surface area contributed by atoms with E-state index in [4.69, 9.17) is 4.74 Å². The van der Waals surface area contributed by atoms with E-state index in [2.05, 4.69) is 27.3 Å². The van der Waals surface area contributed by atoms with Crippen LogP contribution in [-0.4, -0.2) is 25.7 Å². The Morgan fingerprint density at radius 1 is 1.00 bits per heavy atom. The number of carbonyl (C=O) groups excluding carboxylic acids is 1. The van der Waals surface area contributed by atoms with E-state index in [0.717, 1.165) is 17.8 Å². The molecule has 4 aromatic rings. The van der Waals surface area contributed by atoms with Gasteiger partial charge in [0, 0.05) is 23.0 Å². The van der Waals surface area contributed by atoms with Gasteiger partial charge >= 0.3 is 0 Å². The van der Waals surface area contributed by atoms with Crippen molar-refractivity contribution in [2.45, 2.75) is 27.2 Å². The highest BCUT2D eigenvalue weighted by Gasteiger charge is 2.09. The standard InChI is InChI=1S/C24H23N5O2/c1-4-18-5-7-19(8-6-18)24(30)27-20-9-11-21(12-10-20)31-23-14-22(25-15-26-23)29-17(3)13-16(2)28-29/h5-15H,4H2,1-3H3,(H,27,30). The molecule has 0 spiro atoms. The molecule has 0 saturated carbocycles. The van der Waals surface area contributed by atoms with Crippen LogP contribution in [0, 0.1) is 13.8 Å². The Morgan fingerprint density at radius 2 is 1.74 bits per heavy atom. The van der Waals surface area contributed by atoms with E-state index >= 15 is 0 Å². The number of hydrogen-bond acceptors (Lipinski definition) is 5. The second kappa shape index (κ2) is 8.79. The molecule has 2 aromatic carbocycles. The minimum atomic E-state index is -0.151. The molecule has 0 aliphatic carbocycles. The highest BCUT2D eigenvalue weighted by Crippen LogP contribution is 2.23. The van der Waals surface area contributed by atoms with Gasteiger partial charge in [-0.3, -0.25) is 4.79 Å². The summed E-state index contributed by atoms with van der Waals surface area (Å²) in [5, 5.41) is 7.33. The Labute approximate surface area is 180 Å². The van der Waals surface area contributed by atoms with Gasteiger partial charge in [0.05, 0.1) is 5.69 Å². The molecule has 156 valence electrons. The van der Waals surface area contributed by atoms with Gasteiger partial charge in [-0.2, -0.15) is 5.10 Å². The predicted molar refractivity (Wildman–Crippen MR) is 119 cm³/mol. The van der Waals surface area contributed by atoms with Crippen molar-refractivity contribution in [3.8, 4) is 17.4 Å². The maximum absolute atomic E-state index is 12.4. The van der Waals surface area contributed by atoms with Crippen LogP contribution in [0.4, 0.5) is 5.69 Å². The molecule has 1 N–H and O–H groups in total. The van der Waals surface area contributed by atoms with Gasteiger partial charge in [-0.25, -0.2) is 14.6 Å². The first kappa shape index (κ1) is 20.3. The van der Waals surface area contributed by atoms with Gasteiger partial charge in [-0.1, -0.05) is 19.1 Å². The summed E-state index contributed by atoms with van der Waals surface area (Å²) < 4.78 is 7.60. The van der Waals surface area contributed by atoms with Gasteiger partial charge in [0.15, 0.2) is 5.82 Å². The monoisotopic (exact) mass is 413 g/mol. The van der Waals surface area contributed by atoms with Crippen LogP contribution in [0.3, 0.4) is 0 Å². The maximum atomic E-state index is 12.4. The van der Waals surface area contributed by atoms with Crippen molar-refractivity contribution in [2.24, 2.45) is 0 Å². The number of carbonyl (C=O) groups is 1. The Balaban J connectivity index is 1.43. The van der Waals surface area contributed by atoms with Crippen LogP contribution in [0.2, 0.25) is 0 Å². The largest absolute Gasteiger partial charge is 0.439 e. The van der Waals surface area contributed by atoms with Crippen molar-refractivity contribution in [1.29, 1.82) is 0 Å². The summed E-state index contributed by atoms with van der Waals surface area (Å²) in [6.07, 6.45) is 2.39. The van der Waals surface area contributed by atoms with Gasteiger partial charge in [0.25, 0.3) is 5.91 Å². The lowest BCUT2D eigenvalue weighted by Gasteiger charge is -2.09. The second-order valence-electron chi connectivity index (χ2n) is 7.18. The van der Waals surface area contributed by atoms with Gasteiger partial charge in [0.1, 0.15) is 12.1 Å². The van der Waals surface area contributed by atoms with Crippen LogP contribution in [-0.2, 0) is 6.42 Å².